The van der Waals surface area contributed by atoms with Gasteiger partial charge in [0.15, 0.2) is 16.5 Å². The molecule has 0 fully saturated rings. The first kappa shape index (κ1) is 16.9. The molecule has 0 saturated carbocycles. The van der Waals surface area contributed by atoms with Crippen LogP contribution in [0.15, 0.2) is 41.2 Å². The van der Waals surface area contributed by atoms with Gasteiger partial charge < -0.3 is 9.47 Å². The molecule has 2 heterocycles. The molecule has 0 aliphatic rings. The van der Waals surface area contributed by atoms with Crippen LogP contribution in [-0.2, 0) is 0 Å². The number of nitrogens with zero attached hydrogens (tertiary/aromatic N) is 2. The van der Waals surface area contributed by atoms with Crippen LogP contribution < -0.4 is 19.6 Å². The summed E-state index contributed by atoms with van der Waals surface area (Å²) in [7, 11) is 1.54. The van der Waals surface area contributed by atoms with E-state index in [0.29, 0.717) is 32.6 Å². The molecule has 0 unspecified atom stereocenters. The Morgan fingerprint density at radius 3 is 2.88 bits per heavy atom. The fourth-order valence-corrected chi connectivity index (χ4v) is 4.18. The smallest absolute Gasteiger partial charge is 0.274 e. The van der Waals surface area contributed by atoms with Crippen molar-refractivity contribution in [1.82, 2.24) is 9.38 Å². The molecule has 0 amide bonds. The summed E-state index contributed by atoms with van der Waals surface area (Å²) in [6.07, 6.45) is 1.80. The Morgan fingerprint density at radius 1 is 1.31 bits per heavy atom. The van der Waals surface area contributed by atoms with Crippen molar-refractivity contribution in [1.29, 1.82) is 0 Å². The lowest BCUT2D eigenvalue weighted by Gasteiger charge is -2.11. The van der Waals surface area contributed by atoms with Gasteiger partial charge >= 0.3 is 0 Å². The third kappa shape index (κ3) is 2.71. The SMILES string of the molecule is CCOc1cc(/C=c2\sc3nc4ccccc4n3c2=O)cc(Cl)c1OC. The average Bonchev–Trinajstić information content (AvgIpc) is 3.12. The molecule has 0 spiro atoms. The maximum Gasteiger partial charge on any atom is 0.274 e. The van der Waals surface area contributed by atoms with E-state index in [0.717, 1.165) is 16.6 Å². The normalized spacial score (nSPS) is 12.2. The number of hydrogen-bond donors (Lipinski definition) is 0. The topological polar surface area (TPSA) is 52.8 Å². The fraction of sp³-hybridized carbons (Fsp3) is 0.158. The third-order valence-corrected chi connectivity index (χ3v) is 5.23. The molecule has 5 nitrogen and oxygen atoms in total. The number of halogens is 1. The number of para-hydroxylation sites is 2. The van der Waals surface area contributed by atoms with E-state index in [-0.39, 0.29) is 5.56 Å². The highest BCUT2D eigenvalue weighted by molar-refractivity contribution is 7.15. The number of fused-ring (bicyclic) bond motifs is 3. The van der Waals surface area contributed by atoms with Crippen LogP contribution in [0.5, 0.6) is 11.5 Å². The second-order valence-corrected chi connectivity index (χ2v) is 7.02. The molecule has 0 aliphatic heterocycles. The molecule has 0 radical (unpaired) electrons. The van der Waals surface area contributed by atoms with E-state index in [2.05, 4.69) is 4.98 Å². The highest BCUT2D eigenvalue weighted by atomic mass is 35.5. The number of rotatable bonds is 4. The van der Waals surface area contributed by atoms with Gasteiger partial charge in [-0.2, -0.15) is 0 Å². The minimum Gasteiger partial charge on any atom is -0.491 e. The molecule has 4 aromatic rings. The Bertz CT molecular complexity index is 1230. The molecular formula is C19H15ClN2O3S. The molecule has 0 saturated heterocycles. The number of imidazole rings is 1. The molecule has 2 aromatic carbocycles. The Kier molecular flexibility index (Phi) is 4.30. The van der Waals surface area contributed by atoms with Crippen molar-refractivity contribution in [3.63, 3.8) is 0 Å². The Hall–Kier alpha value is -2.57. The molecule has 0 bridgehead atoms. The van der Waals surface area contributed by atoms with Gasteiger partial charge in [0.2, 0.25) is 0 Å². The average molecular weight is 387 g/mol. The summed E-state index contributed by atoms with van der Waals surface area (Å²) in [6.45, 7) is 2.38. The van der Waals surface area contributed by atoms with E-state index >= 15 is 0 Å². The van der Waals surface area contributed by atoms with Crippen LogP contribution in [0.1, 0.15) is 12.5 Å². The highest BCUT2D eigenvalue weighted by Gasteiger charge is 2.13. The molecule has 132 valence electrons. The maximum atomic E-state index is 12.8. The molecule has 2 aromatic heterocycles. The lowest BCUT2D eigenvalue weighted by molar-refractivity contribution is 0.311. The zero-order chi connectivity index (χ0) is 18.3. The first-order valence-corrected chi connectivity index (χ1v) is 9.24. The van der Waals surface area contributed by atoms with Crippen LogP contribution in [-0.4, -0.2) is 23.1 Å². The minimum atomic E-state index is -0.0939. The summed E-state index contributed by atoms with van der Waals surface area (Å²) in [4.78, 5) is 18.0. The van der Waals surface area contributed by atoms with Crippen LogP contribution in [0.4, 0.5) is 0 Å². The van der Waals surface area contributed by atoms with Gasteiger partial charge in [-0.3, -0.25) is 4.79 Å². The quantitative estimate of drug-likeness (QED) is 0.538. The van der Waals surface area contributed by atoms with Crippen molar-refractivity contribution < 1.29 is 9.47 Å². The predicted octanol–water partition coefficient (Wildman–Crippen LogP) is 3.52. The summed E-state index contributed by atoms with van der Waals surface area (Å²) in [5.74, 6) is 1.04. The molecule has 0 N–H and O–H groups in total. The van der Waals surface area contributed by atoms with Crippen LogP contribution in [0.3, 0.4) is 0 Å². The van der Waals surface area contributed by atoms with E-state index < -0.39 is 0 Å². The number of thiazole rings is 1. The van der Waals surface area contributed by atoms with Gasteiger partial charge in [-0.25, -0.2) is 9.38 Å². The third-order valence-electron chi connectivity index (χ3n) is 3.98. The maximum absolute atomic E-state index is 12.8. The standard InChI is InChI=1S/C19H15ClN2O3S/c1-3-25-15-9-11(8-12(20)17(15)24-2)10-16-18(23)22-14-7-5-4-6-13(14)21-19(22)26-16/h4-10H,3H2,1-2H3/b16-10-. The summed E-state index contributed by atoms with van der Waals surface area (Å²) < 4.78 is 13.1. The Labute approximate surface area is 158 Å². The Balaban J connectivity index is 1.91. The molecular weight excluding hydrogens is 372 g/mol. The summed E-state index contributed by atoms with van der Waals surface area (Å²) >= 11 is 7.64. The van der Waals surface area contributed by atoms with Gasteiger partial charge in [-0.1, -0.05) is 35.1 Å². The molecule has 0 atom stereocenters. The first-order chi connectivity index (χ1) is 12.6. The largest absolute Gasteiger partial charge is 0.491 e. The van der Waals surface area contributed by atoms with E-state index in [4.69, 9.17) is 21.1 Å². The van der Waals surface area contributed by atoms with Gasteiger partial charge in [0, 0.05) is 0 Å². The lowest BCUT2D eigenvalue weighted by atomic mass is 10.2. The number of aromatic nitrogens is 2. The molecule has 26 heavy (non-hydrogen) atoms. The summed E-state index contributed by atoms with van der Waals surface area (Å²) in [6, 6.07) is 11.2. The van der Waals surface area contributed by atoms with Crippen molar-refractivity contribution in [2.24, 2.45) is 0 Å². The van der Waals surface area contributed by atoms with Crippen LogP contribution in [0, 0.1) is 0 Å². The van der Waals surface area contributed by atoms with Gasteiger partial charge in [-0.05, 0) is 42.8 Å². The van der Waals surface area contributed by atoms with E-state index in [1.54, 1.807) is 23.7 Å². The van der Waals surface area contributed by atoms with Crippen molar-refractivity contribution in [3.05, 3.63) is 61.9 Å². The number of ether oxygens (including phenoxy) is 2. The Morgan fingerprint density at radius 2 is 2.12 bits per heavy atom. The molecule has 4 rings (SSSR count). The second-order valence-electron chi connectivity index (χ2n) is 5.60. The molecule has 0 aliphatic carbocycles. The van der Waals surface area contributed by atoms with Crippen molar-refractivity contribution >= 4 is 45.0 Å². The summed E-state index contributed by atoms with van der Waals surface area (Å²) in [5.41, 5.74) is 2.30. The highest BCUT2D eigenvalue weighted by Crippen LogP contribution is 2.36. The zero-order valence-electron chi connectivity index (χ0n) is 14.2. The van der Waals surface area contributed by atoms with E-state index in [1.807, 2.05) is 37.3 Å². The predicted molar refractivity (Wildman–Crippen MR) is 105 cm³/mol. The summed E-state index contributed by atoms with van der Waals surface area (Å²) in [5, 5.41) is 0.434. The van der Waals surface area contributed by atoms with Crippen molar-refractivity contribution in [3.8, 4) is 11.5 Å². The van der Waals surface area contributed by atoms with E-state index in [9.17, 15) is 4.79 Å². The van der Waals surface area contributed by atoms with Gasteiger partial charge in [0.1, 0.15) is 0 Å². The van der Waals surface area contributed by atoms with Crippen LogP contribution in [0.25, 0.3) is 22.1 Å². The fourth-order valence-electron chi connectivity index (χ4n) is 2.90. The minimum absolute atomic E-state index is 0.0939. The zero-order valence-corrected chi connectivity index (χ0v) is 15.7. The second kappa shape index (κ2) is 6.63. The van der Waals surface area contributed by atoms with Gasteiger partial charge in [0.05, 0.1) is 34.3 Å². The van der Waals surface area contributed by atoms with Crippen molar-refractivity contribution in [2.75, 3.05) is 13.7 Å². The van der Waals surface area contributed by atoms with Crippen molar-refractivity contribution in [2.45, 2.75) is 6.92 Å². The van der Waals surface area contributed by atoms with Gasteiger partial charge in [0.25, 0.3) is 5.56 Å². The van der Waals surface area contributed by atoms with Crippen LogP contribution in [0.2, 0.25) is 5.02 Å². The number of hydrogen-bond acceptors (Lipinski definition) is 5. The molecule has 7 heteroatoms. The first-order valence-electron chi connectivity index (χ1n) is 8.04. The number of methoxy groups -OCH3 is 1. The van der Waals surface area contributed by atoms with Crippen LogP contribution >= 0.6 is 22.9 Å². The van der Waals surface area contributed by atoms with E-state index in [1.165, 1.54) is 11.3 Å². The lowest BCUT2D eigenvalue weighted by Crippen LogP contribution is -2.22. The van der Waals surface area contributed by atoms with Gasteiger partial charge in [-0.15, -0.1) is 0 Å². The number of benzene rings is 2. The monoisotopic (exact) mass is 386 g/mol.